The molecule has 0 aliphatic rings. The highest BCUT2D eigenvalue weighted by molar-refractivity contribution is 9.10. The van der Waals surface area contributed by atoms with Gasteiger partial charge in [0.15, 0.2) is 0 Å². The number of benzene rings is 1. The Hall–Kier alpha value is -0.870. The van der Waals surface area contributed by atoms with Gasteiger partial charge in [-0.3, -0.25) is 4.79 Å². The van der Waals surface area contributed by atoms with Gasteiger partial charge in [-0.05, 0) is 40.9 Å². The summed E-state index contributed by atoms with van der Waals surface area (Å²) >= 11 is 3.42. The molecule has 0 spiro atoms. The fourth-order valence-corrected chi connectivity index (χ4v) is 1.52. The maximum absolute atomic E-state index is 11.6. The minimum absolute atomic E-state index is 0.149. The first-order valence-electron chi connectivity index (χ1n) is 4.87. The second-order valence-corrected chi connectivity index (χ2v) is 4.23. The summed E-state index contributed by atoms with van der Waals surface area (Å²) in [6.07, 6.45) is 0.634. The molecule has 0 fully saturated rings. The van der Waals surface area contributed by atoms with Crippen molar-refractivity contribution in [2.24, 2.45) is 5.73 Å². The lowest BCUT2D eigenvalue weighted by atomic mass is 10.2. The molecule has 82 valence electrons. The topological polar surface area (TPSA) is 55.1 Å². The van der Waals surface area contributed by atoms with Gasteiger partial charge in [0, 0.05) is 4.47 Å². The third kappa shape index (κ3) is 3.04. The number of amides is 1. The van der Waals surface area contributed by atoms with Crippen LogP contribution in [0.5, 0.6) is 0 Å². The summed E-state index contributed by atoms with van der Waals surface area (Å²) in [5.74, 6) is -0.149. The third-order valence-corrected chi connectivity index (χ3v) is 3.28. The van der Waals surface area contributed by atoms with E-state index in [1.807, 2.05) is 32.0 Å². The maximum Gasteiger partial charge on any atom is 0.241 e. The summed E-state index contributed by atoms with van der Waals surface area (Å²) in [5.41, 5.74) is 7.47. The normalized spacial score (nSPS) is 12.3. The number of hydrogen-bond acceptors (Lipinski definition) is 2. The van der Waals surface area contributed by atoms with Crippen LogP contribution in [0, 0.1) is 6.92 Å². The number of nitrogens with one attached hydrogen (secondary N) is 1. The number of carbonyl (C=O) groups is 1. The fourth-order valence-electron chi connectivity index (χ4n) is 1.15. The van der Waals surface area contributed by atoms with E-state index >= 15 is 0 Å². The first kappa shape index (κ1) is 12.2. The van der Waals surface area contributed by atoms with Crippen molar-refractivity contribution >= 4 is 27.5 Å². The molecule has 0 aromatic heterocycles. The van der Waals surface area contributed by atoms with Crippen LogP contribution in [0.3, 0.4) is 0 Å². The fraction of sp³-hybridized carbons (Fsp3) is 0.364. The minimum atomic E-state index is -0.447. The Morgan fingerprint density at radius 2 is 2.27 bits per heavy atom. The van der Waals surface area contributed by atoms with Crippen LogP contribution in [0.4, 0.5) is 5.69 Å². The van der Waals surface area contributed by atoms with Crippen LogP contribution in [0.2, 0.25) is 0 Å². The van der Waals surface area contributed by atoms with Crippen molar-refractivity contribution in [1.29, 1.82) is 0 Å². The molecular formula is C11H15BrN2O. The predicted molar refractivity (Wildman–Crippen MR) is 65.8 cm³/mol. The number of aryl methyl sites for hydroxylation is 1. The third-order valence-electron chi connectivity index (χ3n) is 2.23. The van der Waals surface area contributed by atoms with Gasteiger partial charge in [0.25, 0.3) is 0 Å². The summed E-state index contributed by atoms with van der Waals surface area (Å²) in [7, 11) is 0. The zero-order chi connectivity index (χ0) is 11.4. The molecule has 4 heteroatoms. The van der Waals surface area contributed by atoms with Crippen LogP contribution < -0.4 is 11.1 Å². The van der Waals surface area contributed by atoms with Gasteiger partial charge in [-0.25, -0.2) is 0 Å². The van der Waals surface area contributed by atoms with E-state index in [1.54, 1.807) is 0 Å². The lowest BCUT2D eigenvalue weighted by Crippen LogP contribution is -2.34. The van der Waals surface area contributed by atoms with E-state index in [0.29, 0.717) is 6.42 Å². The molecule has 3 nitrogen and oxygen atoms in total. The van der Waals surface area contributed by atoms with Crippen LogP contribution >= 0.6 is 15.9 Å². The maximum atomic E-state index is 11.6. The van der Waals surface area contributed by atoms with Gasteiger partial charge in [0.1, 0.15) is 0 Å². The SMILES string of the molecule is CC[C@@H](N)C(=O)Nc1cccc(C)c1Br. The average molecular weight is 271 g/mol. The second-order valence-electron chi connectivity index (χ2n) is 3.44. The van der Waals surface area contributed by atoms with Crippen LogP contribution in [-0.4, -0.2) is 11.9 Å². The molecule has 1 aromatic carbocycles. The van der Waals surface area contributed by atoms with Crippen molar-refractivity contribution in [1.82, 2.24) is 0 Å². The van der Waals surface area contributed by atoms with Crippen molar-refractivity contribution in [3.63, 3.8) is 0 Å². The zero-order valence-corrected chi connectivity index (χ0v) is 10.5. The van der Waals surface area contributed by atoms with Gasteiger partial charge >= 0.3 is 0 Å². The lowest BCUT2D eigenvalue weighted by Gasteiger charge is -2.12. The number of nitrogens with two attached hydrogens (primary N) is 1. The Bertz CT molecular complexity index is 366. The molecule has 0 aliphatic carbocycles. The number of anilines is 1. The molecule has 15 heavy (non-hydrogen) atoms. The molecule has 0 heterocycles. The summed E-state index contributed by atoms with van der Waals surface area (Å²) in [4.78, 5) is 11.6. The molecule has 1 amide bonds. The predicted octanol–water partition coefficient (Wildman–Crippen LogP) is 2.43. The summed E-state index contributed by atoms with van der Waals surface area (Å²) in [6, 6.07) is 5.27. The van der Waals surface area contributed by atoms with E-state index in [4.69, 9.17) is 5.73 Å². The highest BCUT2D eigenvalue weighted by Crippen LogP contribution is 2.25. The average Bonchev–Trinajstić information content (AvgIpc) is 2.23. The standard InChI is InChI=1S/C11H15BrN2O/c1-3-8(13)11(15)14-9-6-4-5-7(2)10(9)12/h4-6,8H,3,13H2,1-2H3,(H,14,15)/t8-/m1/s1. The Morgan fingerprint density at radius 1 is 1.60 bits per heavy atom. The molecule has 1 rings (SSSR count). The van der Waals surface area contributed by atoms with Crippen molar-refractivity contribution in [2.75, 3.05) is 5.32 Å². The lowest BCUT2D eigenvalue weighted by molar-refractivity contribution is -0.117. The van der Waals surface area contributed by atoms with Crippen molar-refractivity contribution in [3.05, 3.63) is 28.2 Å². The van der Waals surface area contributed by atoms with Crippen LogP contribution in [0.15, 0.2) is 22.7 Å². The molecule has 0 aliphatic heterocycles. The van der Waals surface area contributed by atoms with Crippen LogP contribution in [0.25, 0.3) is 0 Å². The van der Waals surface area contributed by atoms with Gasteiger partial charge in [-0.15, -0.1) is 0 Å². The monoisotopic (exact) mass is 270 g/mol. The van der Waals surface area contributed by atoms with Crippen molar-refractivity contribution in [3.8, 4) is 0 Å². The summed E-state index contributed by atoms with van der Waals surface area (Å²) in [6.45, 7) is 3.86. The number of rotatable bonds is 3. The molecule has 0 saturated heterocycles. The zero-order valence-electron chi connectivity index (χ0n) is 8.88. The van der Waals surface area contributed by atoms with Crippen LogP contribution in [-0.2, 0) is 4.79 Å². The first-order chi connectivity index (χ1) is 7.06. The molecule has 0 radical (unpaired) electrons. The van der Waals surface area contributed by atoms with E-state index in [1.165, 1.54) is 0 Å². The molecule has 0 saturated carbocycles. The minimum Gasteiger partial charge on any atom is -0.324 e. The first-order valence-corrected chi connectivity index (χ1v) is 5.67. The smallest absolute Gasteiger partial charge is 0.241 e. The largest absolute Gasteiger partial charge is 0.324 e. The Kier molecular flexibility index (Phi) is 4.29. The van der Waals surface area contributed by atoms with Gasteiger partial charge in [0.2, 0.25) is 5.91 Å². The van der Waals surface area contributed by atoms with Gasteiger partial charge in [-0.1, -0.05) is 19.1 Å². The molecule has 0 bridgehead atoms. The van der Waals surface area contributed by atoms with E-state index in [-0.39, 0.29) is 5.91 Å². The van der Waals surface area contributed by atoms with Gasteiger partial charge in [0.05, 0.1) is 11.7 Å². The van der Waals surface area contributed by atoms with Gasteiger partial charge in [-0.2, -0.15) is 0 Å². The second kappa shape index (κ2) is 5.28. The molecule has 0 unspecified atom stereocenters. The highest BCUT2D eigenvalue weighted by Gasteiger charge is 2.12. The summed E-state index contributed by atoms with van der Waals surface area (Å²) in [5, 5.41) is 2.79. The number of hydrogen-bond donors (Lipinski definition) is 2. The Labute approximate surface area is 98.2 Å². The van der Waals surface area contributed by atoms with E-state index in [0.717, 1.165) is 15.7 Å². The molecule has 1 atom stereocenters. The van der Waals surface area contributed by atoms with E-state index in [2.05, 4.69) is 21.2 Å². The Morgan fingerprint density at radius 3 is 2.87 bits per heavy atom. The molecule has 1 aromatic rings. The van der Waals surface area contributed by atoms with E-state index < -0.39 is 6.04 Å². The number of carbonyl (C=O) groups excluding carboxylic acids is 1. The molecule has 3 N–H and O–H groups in total. The van der Waals surface area contributed by atoms with Crippen molar-refractivity contribution < 1.29 is 4.79 Å². The van der Waals surface area contributed by atoms with Crippen molar-refractivity contribution in [2.45, 2.75) is 26.3 Å². The quantitative estimate of drug-likeness (QED) is 0.887. The number of halogens is 1. The van der Waals surface area contributed by atoms with Crippen LogP contribution in [0.1, 0.15) is 18.9 Å². The van der Waals surface area contributed by atoms with Gasteiger partial charge < -0.3 is 11.1 Å². The Balaban J connectivity index is 2.81. The van der Waals surface area contributed by atoms with E-state index in [9.17, 15) is 4.79 Å². The molecular weight excluding hydrogens is 256 g/mol. The highest BCUT2D eigenvalue weighted by atomic mass is 79.9. The summed E-state index contributed by atoms with van der Waals surface area (Å²) < 4.78 is 0.904.